The summed E-state index contributed by atoms with van der Waals surface area (Å²) in [5.74, 6) is -0.0334. The Morgan fingerprint density at radius 1 is 1.44 bits per heavy atom. The third kappa shape index (κ3) is 2.58. The maximum Gasteiger partial charge on any atom is 0.311 e. The molecule has 0 heterocycles. The van der Waals surface area contributed by atoms with Gasteiger partial charge in [-0.3, -0.25) is 14.9 Å². The Balaban J connectivity index is 2.32. The molecule has 1 aromatic rings. The van der Waals surface area contributed by atoms with Gasteiger partial charge in [-0.05, 0) is 25.0 Å². The zero-order chi connectivity index (χ0) is 13.3. The van der Waals surface area contributed by atoms with Gasteiger partial charge in [0.15, 0.2) is 5.75 Å². The third-order valence-electron chi connectivity index (χ3n) is 2.63. The lowest BCUT2D eigenvalue weighted by molar-refractivity contribution is -0.386. The highest BCUT2D eigenvalue weighted by Crippen LogP contribution is 2.34. The molecule has 1 aliphatic rings. The largest absolute Gasteiger partial charge is 0.483 e. The molecule has 2 rings (SSSR count). The molecule has 0 saturated heterocycles. The van der Waals surface area contributed by atoms with Crippen molar-refractivity contribution in [1.82, 2.24) is 4.90 Å². The number of amides is 1. The minimum absolute atomic E-state index is 0.0825. The summed E-state index contributed by atoms with van der Waals surface area (Å²) in [6.45, 7) is 0. The summed E-state index contributed by atoms with van der Waals surface area (Å²) in [5.41, 5.74) is 0.129. The van der Waals surface area contributed by atoms with Crippen LogP contribution in [0.5, 0.6) is 5.75 Å². The first-order valence-corrected chi connectivity index (χ1v) is 5.66. The van der Waals surface area contributed by atoms with Gasteiger partial charge in [-0.1, -0.05) is 0 Å². The SMILES string of the molecule is CN(C)C(=O)c1ccc(OC2CC2)c([N+](=O)[O-])c1. The van der Waals surface area contributed by atoms with E-state index >= 15 is 0 Å². The van der Waals surface area contributed by atoms with Gasteiger partial charge in [-0.2, -0.15) is 0 Å². The van der Waals surface area contributed by atoms with Crippen LogP contribution in [0.15, 0.2) is 18.2 Å². The number of nitrogens with zero attached hydrogens (tertiary/aromatic N) is 2. The smallest absolute Gasteiger partial charge is 0.311 e. The van der Waals surface area contributed by atoms with Crippen molar-refractivity contribution < 1.29 is 14.5 Å². The molecule has 6 nitrogen and oxygen atoms in total. The van der Waals surface area contributed by atoms with Crippen molar-refractivity contribution in [3.05, 3.63) is 33.9 Å². The number of nitro groups is 1. The van der Waals surface area contributed by atoms with Crippen molar-refractivity contribution in [2.45, 2.75) is 18.9 Å². The van der Waals surface area contributed by atoms with Crippen LogP contribution < -0.4 is 4.74 Å². The van der Waals surface area contributed by atoms with Crippen LogP contribution >= 0.6 is 0 Å². The predicted octanol–water partition coefficient (Wildman–Crippen LogP) is 1.84. The lowest BCUT2D eigenvalue weighted by Crippen LogP contribution is -2.21. The Morgan fingerprint density at radius 2 is 2.11 bits per heavy atom. The Kier molecular flexibility index (Phi) is 3.18. The molecule has 6 heteroatoms. The Bertz CT molecular complexity index is 495. The van der Waals surface area contributed by atoms with Crippen LogP contribution in [0.25, 0.3) is 0 Å². The molecule has 1 amide bonds. The fraction of sp³-hybridized carbons (Fsp3) is 0.417. The van der Waals surface area contributed by atoms with E-state index < -0.39 is 4.92 Å². The Morgan fingerprint density at radius 3 is 2.61 bits per heavy atom. The molecule has 18 heavy (non-hydrogen) atoms. The molecule has 0 aromatic heterocycles. The number of carbonyl (C=O) groups excluding carboxylic acids is 1. The van der Waals surface area contributed by atoms with E-state index in [0.29, 0.717) is 0 Å². The van der Waals surface area contributed by atoms with Crippen molar-refractivity contribution in [1.29, 1.82) is 0 Å². The standard InChI is InChI=1S/C12H14N2O4/c1-13(2)12(15)8-3-6-11(18-9-4-5-9)10(7-8)14(16)17/h3,6-7,9H,4-5H2,1-2H3. The van der Waals surface area contributed by atoms with Crippen molar-refractivity contribution >= 4 is 11.6 Å². The van der Waals surface area contributed by atoms with E-state index in [0.717, 1.165) is 12.8 Å². The quantitative estimate of drug-likeness (QED) is 0.603. The molecule has 0 unspecified atom stereocenters. The summed E-state index contributed by atoms with van der Waals surface area (Å²) < 4.78 is 5.45. The average Bonchev–Trinajstić information content (AvgIpc) is 3.12. The van der Waals surface area contributed by atoms with Crippen LogP contribution in [0.4, 0.5) is 5.69 Å². The van der Waals surface area contributed by atoms with Gasteiger partial charge in [0.05, 0.1) is 11.0 Å². The van der Waals surface area contributed by atoms with Gasteiger partial charge < -0.3 is 9.64 Å². The highest BCUT2D eigenvalue weighted by Gasteiger charge is 2.28. The Hall–Kier alpha value is -2.11. The molecule has 1 aliphatic carbocycles. The maximum absolute atomic E-state index is 11.7. The first kappa shape index (κ1) is 12.3. The van der Waals surface area contributed by atoms with Gasteiger partial charge in [0.2, 0.25) is 0 Å². The topological polar surface area (TPSA) is 72.7 Å². The maximum atomic E-state index is 11.7. The minimum Gasteiger partial charge on any atom is -0.483 e. The second-order valence-electron chi connectivity index (χ2n) is 4.46. The molecule has 0 bridgehead atoms. The number of hydrogen-bond donors (Lipinski definition) is 0. The molecular formula is C12H14N2O4. The zero-order valence-corrected chi connectivity index (χ0v) is 10.3. The number of rotatable bonds is 4. The van der Waals surface area contributed by atoms with E-state index in [9.17, 15) is 14.9 Å². The van der Waals surface area contributed by atoms with E-state index in [2.05, 4.69) is 0 Å². The fourth-order valence-corrected chi connectivity index (χ4v) is 1.52. The summed E-state index contributed by atoms with van der Waals surface area (Å²) in [4.78, 5) is 23.5. The second-order valence-corrected chi connectivity index (χ2v) is 4.46. The lowest BCUT2D eigenvalue weighted by atomic mass is 10.1. The highest BCUT2D eigenvalue weighted by atomic mass is 16.6. The van der Waals surface area contributed by atoms with E-state index in [-0.39, 0.29) is 29.0 Å². The molecule has 96 valence electrons. The zero-order valence-electron chi connectivity index (χ0n) is 10.3. The predicted molar refractivity (Wildman–Crippen MR) is 64.8 cm³/mol. The van der Waals surface area contributed by atoms with Crippen molar-refractivity contribution in [3.8, 4) is 5.75 Å². The van der Waals surface area contributed by atoms with Crippen LogP contribution in [0.3, 0.4) is 0 Å². The number of benzene rings is 1. The Labute approximate surface area is 104 Å². The first-order chi connectivity index (χ1) is 8.49. The van der Waals surface area contributed by atoms with Crippen molar-refractivity contribution in [2.24, 2.45) is 0 Å². The highest BCUT2D eigenvalue weighted by molar-refractivity contribution is 5.94. The van der Waals surface area contributed by atoms with Gasteiger partial charge in [0.1, 0.15) is 0 Å². The molecule has 0 aliphatic heterocycles. The molecule has 1 saturated carbocycles. The van der Waals surface area contributed by atoms with Gasteiger partial charge in [-0.15, -0.1) is 0 Å². The fourth-order valence-electron chi connectivity index (χ4n) is 1.52. The molecular weight excluding hydrogens is 236 g/mol. The second kappa shape index (κ2) is 4.64. The van der Waals surface area contributed by atoms with Crippen LogP contribution in [-0.4, -0.2) is 35.9 Å². The number of carbonyl (C=O) groups is 1. The van der Waals surface area contributed by atoms with Gasteiger partial charge >= 0.3 is 5.69 Å². The number of nitro benzene ring substituents is 1. The summed E-state index contributed by atoms with van der Waals surface area (Å²) in [6.07, 6.45) is 1.93. The number of hydrogen-bond acceptors (Lipinski definition) is 4. The van der Waals surface area contributed by atoms with Crippen LogP contribution in [0.2, 0.25) is 0 Å². The summed E-state index contributed by atoms with van der Waals surface area (Å²) in [7, 11) is 3.20. The van der Waals surface area contributed by atoms with Crippen LogP contribution in [-0.2, 0) is 0 Å². The summed E-state index contributed by atoms with van der Waals surface area (Å²) in [5, 5.41) is 11.0. The normalized spacial score (nSPS) is 14.1. The molecule has 1 aromatic carbocycles. The van der Waals surface area contributed by atoms with E-state index in [1.165, 1.54) is 17.0 Å². The lowest BCUT2D eigenvalue weighted by Gasteiger charge is -2.11. The molecule has 0 N–H and O–H groups in total. The van der Waals surface area contributed by atoms with Crippen molar-refractivity contribution in [2.75, 3.05) is 14.1 Å². The van der Waals surface area contributed by atoms with Crippen LogP contribution in [0.1, 0.15) is 23.2 Å². The third-order valence-corrected chi connectivity index (χ3v) is 2.63. The molecule has 0 radical (unpaired) electrons. The van der Waals surface area contributed by atoms with Gasteiger partial charge in [0, 0.05) is 25.7 Å². The van der Waals surface area contributed by atoms with Crippen LogP contribution in [0, 0.1) is 10.1 Å². The summed E-state index contributed by atoms with van der Waals surface area (Å²) in [6, 6.07) is 4.31. The minimum atomic E-state index is -0.524. The number of ether oxygens (including phenoxy) is 1. The van der Waals surface area contributed by atoms with E-state index in [1.54, 1.807) is 20.2 Å². The first-order valence-electron chi connectivity index (χ1n) is 5.66. The summed E-state index contributed by atoms with van der Waals surface area (Å²) >= 11 is 0. The average molecular weight is 250 g/mol. The van der Waals surface area contributed by atoms with E-state index in [1.807, 2.05) is 0 Å². The van der Waals surface area contributed by atoms with E-state index in [4.69, 9.17) is 4.74 Å². The van der Waals surface area contributed by atoms with Crippen molar-refractivity contribution in [3.63, 3.8) is 0 Å². The molecule has 0 spiro atoms. The monoisotopic (exact) mass is 250 g/mol. The molecule has 0 atom stereocenters. The molecule has 1 fully saturated rings. The van der Waals surface area contributed by atoms with Gasteiger partial charge in [0.25, 0.3) is 5.91 Å². The van der Waals surface area contributed by atoms with Gasteiger partial charge in [-0.25, -0.2) is 0 Å².